The second-order valence-corrected chi connectivity index (χ2v) is 3.40. The van der Waals surface area contributed by atoms with Crippen LogP contribution in [-0.4, -0.2) is 18.8 Å². The summed E-state index contributed by atoms with van der Waals surface area (Å²) in [6.07, 6.45) is 1.76. The molecule has 13 heavy (non-hydrogen) atoms. The number of hydrogen-bond acceptors (Lipinski definition) is 2. The Morgan fingerprint density at radius 3 is 2.85 bits per heavy atom. The Morgan fingerprint density at radius 2 is 2.23 bits per heavy atom. The summed E-state index contributed by atoms with van der Waals surface area (Å²) >= 11 is 5.92. The van der Waals surface area contributed by atoms with E-state index in [-0.39, 0.29) is 6.04 Å². The van der Waals surface area contributed by atoms with Crippen LogP contribution in [0.25, 0.3) is 0 Å². The molecule has 1 aromatic rings. The first-order chi connectivity index (χ1) is 6.20. The van der Waals surface area contributed by atoms with E-state index in [1.807, 2.05) is 31.2 Å². The molecule has 0 fully saturated rings. The predicted octanol–water partition coefficient (Wildman–Crippen LogP) is 2.11. The second-order valence-electron chi connectivity index (χ2n) is 2.99. The van der Waals surface area contributed by atoms with Crippen molar-refractivity contribution in [3.63, 3.8) is 0 Å². The lowest BCUT2D eigenvalue weighted by molar-refractivity contribution is 0.756. The SMILES string of the molecule is CC(N)CN=Cc1ccccc1Cl. The molecule has 0 aliphatic heterocycles. The molecule has 1 unspecified atom stereocenters. The minimum Gasteiger partial charge on any atom is -0.326 e. The van der Waals surface area contributed by atoms with Gasteiger partial charge in [-0.25, -0.2) is 0 Å². The predicted molar refractivity (Wildman–Crippen MR) is 57.6 cm³/mol. The second kappa shape index (κ2) is 5.00. The monoisotopic (exact) mass is 196 g/mol. The maximum Gasteiger partial charge on any atom is 0.0538 e. The Balaban J connectivity index is 2.63. The number of nitrogens with zero attached hydrogens (tertiary/aromatic N) is 1. The maximum atomic E-state index is 5.92. The van der Waals surface area contributed by atoms with Crippen LogP contribution in [0.1, 0.15) is 12.5 Å². The highest BCUT2D eigenvalue weighted by molar-refractivity contribution is 6.33. The van der Waals surface area contributed by atoms with Crippen molar-refractivity contribution in [3.8, 4) is 0 Å². The quantitative estimate of drug-likeness (QED) is 0.739. The van der Waals surface area contributed by atoms with E-state index in [2.05, 4.69) is 4.99 Å². The van der Waals surface area contributed by atoms with Gasteiger partial charge in [0.25, 0.3) is 0 Å². The molecule has 0 saturated heterocycles. The van der Waals surface area contributed by atoms with Crippen molar-refractivity contribution in [1.29, 1.82) is 0 Å². The molecule has 0 bridgehead atoms. The molecule has 0 heterocycles. The van der Waals surface area contributed by atoms with Gasteiger partial charge in [0.2, 0.25) is 0 Å². The minimum absolute atomic E-state index is 0.0961. The van der Waals surface area contributed by atoms with E-state index in [4.69, 9.17) is 17.3 Å². The molecule has 1 aromatic carbocycles. The highest BCUT2D eigenvalue weighted by Crippen LogP contribution is 2.12. The first-order valence-corrected chi connectivity index (χ1v) is 4.58. The number of hydrogen-bond donors (Lipinski definition) is 1. The van der Waals surface area contributed by atoms with Gasteiger partial charge in [-0.1, -0.05) is 29.8 Å². The molecule has 3 heteroatoms. The number of aliphatic imine (C=N–C) groups is 1. The van der Waals surface area contributed by atoms with Crippen LogP contribution in [-0.2, 0) is 0 Å². The summed E-state index contributed by atoms with van der Waals surface area (Å²) in [5.41, 5.74) is 6.48. The van der Waals surface area contributed by atoms with Crippen molar-refractivity contribution in [2.45, 2.75) is 13.0 Å². The summed E-state index contributed by atoms with van der Waals surface area (Å²) in [5.74, 6) is 0. The van der Waals surface area contributed by atoms with E-state index < -0.39 is 0 Å². The Kier molecular flexibility index (Phi) is 3.93. The molecule has 0 radical (unpaired) electrons. The molecule has 1 rings (SSSR count). The van der Waals surface area contributed by atoms with Crippen molar-refractivity contribution < 1.29 is 0 Å². The zero-order chi connectivity index (χ0) is 9.68. The number of benzene rings is 1. The van der Waals surface area contributed by atoms with Crippen LogP contribution in [0, 0.1) is 0 Å². The van der Waals surface area contributed by atoms with Gasteiger partial charge in [-0.15, -0.1) is 0 Å². The van der Waals surface area contributed by atoms with Crippen LogP contribution in [0.2, 0.25) is 5.02 Å². The molecule has 70 valence electrons. The zero-order valence-electron chi connectivity index (χ0n) is 7.57. The fraction of sp³-hybridized carbons (Fsp3) is 0.300. The van der Waals surface area contributed by atoms with Gasteiger partial charge >= 0.3 is 0 Å². The number of halogens is 1. The first kappa shape index (κ1) is 10.2. The summed E-state index contributed by atoms with van der Waals surface area (Å²) in [7, 11) is 0. The van der Waals surface area contributed by atoms with Crippen molar-refractivity contribution in [3.05, 3.63) is 34.9 Å². The standard InChI is InChI=1S/C10H13ClN2/c1-8(12)6-13-7-9-4-2-3-5-10(9)11/h2-5,7-8H,6,12H2,1H3. The third-order valence-electron chi connectivity index (χ3n) is 1.53. The summed E-state index contributed by atoms with van der Waals surface area (Å²) < 4.78 is 0. The van der Waals surface area contributed by atoms with Gasteiger partial charge in [0.1, 0.15) is 0 Å². The van der Waals surface area contributed by atoms with E-state index in [0.717, 1.165) is 10.6 Å². The van der Waals surface area contributed by atoms with Crippen LogP contribution in [0.4, 0.5) is 0 Å². The third kappa shape index (κ3) is 3.57. The molecule has 0 aliphatic rings. The van der Waals surface area contributed by atoms with E-state index in [1.54, 1.807) is 6.21 Å². The van der Waals surface area contributed by atoms with Crippen molar-refractivity contribution in [1.82, 2.24) is 0 Å². The van der Waals surface area contributed by atoms with Gasteiger partial charge in [0.05, 0.1) is 6.54 Å². The van der Waals surface area contributed by atoms with Gasteiger partial charge in [-0.05, 0) is 13.0 Å². The van der Waals surface area contributed by atoms with E-state index in [9.17, 15) is 0 Å². The molecule has 0 spiro atoms. The highest BCUT2D eigenvalue weighted by Gasteiger charge is 1.94. The fourth-order valence-electron chi connectivity index (χ4n) is 0.897. The molecule has 0 amide bonds. The summed E-state index contributed by atoms with van der Waals surface area (Å²) in [6, 6.07) is 7.69. The Morgan fingerprint density at radius 1 is 1.54 bits per heavy atom. The Labute approximate surface area is 83.4 Å². The lowest BCUT2D eigenvalue weighted by Gasteiger charge is -1.99. The molecule has 2 N–H and O–H groups in total. The van der Waals surface area contributed by atoms with Gasteiger partial charge in [0, 0.05) is 22.8 Å². The minimum atomic E-state index is 0.0961. The molecule has 1 atom stereocenters. The highest BCUT2D eigenvalue weighted by atomic mass is 35.5. The van der Waals surface area contributed by atoms with Gasteiger partial charge < -0.3 is 5.73 Å². The van der Waals surface area contributed by atoms with E-state index in [1.165, 1.54) is 0 Å². The fourth-order valence-corrected chi connectivity index (χ4v) is 1.08. The molecular weight excluding hydrogens is 184 g/mol. The van der Waals surface area contributed by atoms with Crippen molar-refractivity contribution >= 4 is 17.8 Å². The Bertz CT molecular complexity index is 295. The molecule has 0 saturated carbocycles. The summed E-state index contributed by atoms with van der Waals surface area (Å²) in [6.45, 7) is 2.55. The van der Waals surface area contributed by atoms with Crippen LogP contribution in [0.15, 0.2) is 29.3 Å². The summed E-state index contributed by atoms with van der Waals surface area (Å²) in [4.78, 5) is 4.17. The maximum absolute atomic E-state index is 5.92. The van der Waals surface area contributed by atoms with Crippen LogP contribution >= 0.6 is 11.6 Å². The van der Waals surface area contributed by atoms with Crippen molar-refractivity contribution in [2.75, 3.05) is 6.54 Å². The Hall–Kier alpha value is -0.860. The van der Waals surface area contributed by atoms with Crippen LogP contribution in [0.5, 0.6) is 0 Å². The third-order valence-corrected chi connectivity index (χ3v) is 1.87. The first-order valence-electron chi connectivity index (χ1n) is 4.20. The van der Waals surface area contributed by atoms with Crippen LogP contribution in [0.3, 0.4) is 0 Å². The molecule has 2 nitrogen and oxygen atoms in total. The largest absolute Gasteiger partial charge is 0.326 e. The smallest absolute Gasteiger partial charge is 0.0538 e. The topological polar surface area (TPSA) is 38.4 Å². The molecule has 0 aliphatic carbocycles. The van der Waals surface area contributed by atoms with Gasteiger partial charge in [0.15, 0.2) is 0 Å². The number of nitrogens with two attached hydrogens (primary N) is 1. The average Bonchev–Trinajstić information content (AvgIpc) is 2.08. The average molecular weight is 197 g/mol. The van der Waals surface area contributed by atoms with Gasteiger partial charge in [-0.3, -0.25) is 4.99 Å². The zero-order valence-corrected chi connectivity index (χ0v) is 8.33. The van der Waals surface area contributed by atoms with E-state index >= 15 is 0 Å². The van der Waals surface area contributed by atoms with Crippen molar-refractivity contribution in [2.24, 2.45) is 10.7 Å². The summed E-state index contributed by atoms with van der Waals surface area (Å²) in [5, 5.41) is 0.718. The lowest BCUT2D eigenvalue weighted by atomic mass is 10.2. The van der Waals surface area contributed by atoms with Crippen LogP contribution < -0.4 is 5.73 Å². The van der Waals surface area contributed by atoms with Gasteiger partial charge in [-0.2, -0.15) is 0 Å². The molecule has 0 aromatic heterocycles. The molecular formula is C10H13ClN2. The lowest BCUT2D eigenvalue weighted by Crippen LogP contribution is -2.18. The van der Waals surface area contributed by atoms with E-state index in [0.29, 0.717) is 6.54 Å². The normalized spacial score (nSPS) is 13.5. The number of rotatable bonds is 3.